The largest absolute Gasteiger partial charge is 0.618 e. The summed E-state index contributed by atoms with van der Waals surface area (Å²) in [6.45, 7) is 1.80. The van der Waals surface area contributed by atoms with Crippen LogP contribution >= 0.6 is 0 Å². The van der Waals surface area contributed by atoms with E-state index in [1.165, 1.54) is 0 Å². The van der Waals surface area contributed by atoms with Crippen LogP contribution in [-0.2, 0) is 0 Å². The molecule has 0 aliphatic carbocycles. The van der Waals surface area contributed by atoms with Crippen LogP contribution in [0.25, 0.3) is 6.08 Å². The predicted molar refractivity (Wildman–Crippen MR) is 75.3 cm³/mol. The van der Waals surface area contributed by atoms with E-state index in [1.807, 2.05) is 66.7 Å². The Morgan fingerprint density at radius 3 is 1.94 bits per heavy atom. The number of nitrogens with zero attached hydrogens (tertiary/aromatic N) is 1. The van der Waals surface area contributed by atoms with E-state index in [4.69, 9.17) is 0 Å². The summed E-state index contributed by atoms with van der Waals surface area (Å²) in [7, 11) is 0. The van der Waals surface area contributed by atoms with Gasteiger partial charge in [0, 0.05) is 18.6 Å². The quantitative estimate of drug-likeness (QED) is 0.346. The van der Waals surface area contributed by atoms with Gasteiger partial charge in [-0.25, -0.2) is 0 Å². The molecule has 2 nitrogen and oxygen atoms in total. The lowest BCUT2D eigenvalue weighted by atomic mass is 10.2. The summed E-state index contributed by atoms with van der Waals surface area (Å²) in [5.41, 5.74) is 2.58. The molecule has 2 aromatic carbocycles. The first-order valence-electron chi connectivity index (χ1n) is 5.85. The molecule has 0 heterocycles. The first kappa shape index (κ1) is 12.1. The molecule has 2 heteroatoms. The Kier molecular flexibility index (Phi) is 3.92. The monoisotopic (exact) mass is 237 g/mol. The van der Waals surface area contributed by atoms with Gasteiger partial charge in [-0.3, -0.25) is 0 Å². The van der Waals surface area contributed by atoms with Gasteiger partial charge in [0.1, 0.15) is 0 Å². The third kappa shape index (κ3) is 3.32. The molecule has 18 heavy (non-hydrogen) atoms. The molecule has 0 saturated carbocycles. The number of benzene rings is 2. The van der Waals surface area contributed by atoms with Crippen molar-refractivity contribution >= 4 is 12.3 Å². The zero-order valence-corrected chi connectivity index (χ0v) is 10.3. The van der Waals surface area contributed by atoms with E-state index in [2.05, 4.69) is 0 Å². The second kappa shape index (κ2) is 5.82. The normalized spacial score (nSPS) is 12.5. The number of hydrogen-bond donors (Lipinski definition) is 0. The SMILES string of the molecule is CC(=C\c1ccccc1)/[N+]([O-])=C/c1ccccc1. The van der Waals surface area contributed by atoms with Gasteiger partial charge < -0.3 is 5.21 Å². The van der Waals surface area contributed by atoms with Crippen LogP contribution in [0.3, 0.4) is 0 Å². The second-order valence-electron chi connectivity index (χ2n) is 4.06. The zero-order valence-electron chi connectivity index (χ0n) is 10.3. The molecule has 0 aromatic heterocycles. The smallest absolute Gasteiger partial charge is 0.190 e. The molecule has 0 radical (unpaired) electrons. The van der Waals surface area contributed by atoms with Crippen LogP contribution in [0.15, 0.2) is 66.4 Å². The third-order valence-electron chi connectivity index (χ3n) is 2.59. The maximum atomic E-state index is 11.9. The summed E-state index contributed by atoms with van der Waals surface area (Å²) in [5.74, 6) is 0. The molecule has 0 spiro atoms. The van der Waals surface area contributed by atoms with Crippen LogP contribution in [0.5, 0.6) is 0 Å². The molecule has 0 unspecified atom stereocenters. The van der Waals surface area contributed by atoms with E-state index < -0.39 is 0 Å². The van der Waals surface area contributed by atoms with Crippen molar-refractivity contribution in [3.8, 4) is 0 Å². The zero-order chi connectivity index (χ0) is 12.8. The molecule has 0 amide bonds. The van der Waals surface area contributed by atoms with Crippen molar-refractivity contribution in [1.82, 2.24) is 0 Å². The minimum Gasteiger partial charge on any atom is -0.618 e. The summed E-state index contributed by atoms with van der Waals surface area (Å²) < 4.78 is 0.891. The second-order valence-corrected chi connectivity index (χ2v) is 4.06. The highest BCUT2D eigenvalue weighted by atomic mass is 16.5. The Morgan fingerprint density at radius 2 is 1.39 bits per heavy atom. The third-order valence-corrected chi connectivity index (χ3v) is 2.59. The van der Waals surface area contributed by atoms with Crippen LogP contribution in [-0.4, -0.2) is 11.0 Å². The van der Waals surface area contributed by atoms with Gasteiger partial charge in [0.25, 0.3) is 0 Å². The minimum atomic E-state index is 0.657. The molecule has 0 aliphatic rings. The van der Waals surface area contributed by atoms with Crippen molar-refractivity contribution < 1.29 is 4.74 Å². The van der Waals surface area contributed by atoms with Gasteiger partial charge in [0.15, 0.2) is 11.9 Å². The molecule has 2 rings (SSSR count). The molecule has 0 atom stereocenters. The van der Waals surface area contributed by atoms with Crippen molar-refractivity contribution in [2.24, 2.45) is 0 Å². The fraction of sp³-hybridized carbons (Fsp3) is 0.0625. The fourth-order valence-corrected chi connectivity index (χ4v) is 1.63. The standard InChI is InChI=1S/C16H15NO/c1-14(12-15-8-4-2-5-9-15)17(18)13-16-10-6-3-7-11-16/h2-13H,1H3/b14-12+,17-13-. The number of rotatable bonds is 3. The van der Waals surface area contributed by atoms with Gasteiger partial charge in [-0.05, 0) is 17.7 Å². The van der Waals surface area contributed by atoms with Gasteiger partial charge in [0.05, 0.1) is 0 Å². The van der Waals surface area contributed by atoms with Crippen molar-refractivity contribution in [2.75, 3.05) is 0 Å². The van der Waals surface area contributed by atoms with Crippen LogP contribution in [0.1, 0.15) is 18.1 Å². The molecule has 2 aromatic rings. The average molecular weight is 237 g/mol. The molecule has 0 fully saturated rings. The molecular formula is C16H15NO. The highest BCUT2D eigenvalue weighted by Crippen LogP contribution is 2.07. The van der Waals surface area contributed by atoms with E-state index in [0.717, 1.165) is 15.9 Å². The first-order valence-corrected chi connectivity index (χ1v) is 5.85. The molecule has 0 saturated heterocycles. The Balaban J connectivity index is 2.21. The van der Waals surface area contributed by atoms with Gasteiger partial charge in [-0.15, -0.1) is 0 Å². The summed E-state index contributed by atoms with van der Waals surface area (Å²) >= 11 is 0. The Labute approximate surface area is 107 Å². The lowest BCUT2D eigenvalue weighted by Crippen LogP contribution is -2.02. The van der Waals surface area contributed by atoms with Gasteiger partial charge in [-0.2, -0.15) is 4.74 Å². The minimum absolute atomic E-state index is 0.657. The molecule has 0 aliphatic heterocycles. The lowest BCUT2D eigenvalue weighted by molar-refractivity contribution is -0.393. The topological polar surface area (TPSA) is 26.1 Å². The van der Waals surface area contributed by atoms with Crippen molar-refractivity contribution in [3.05, 3.63) is 82.7 Å². The molecule has 0 bridgehead atoms. The van der Waals surface area contributed by atoms with Crippen molar-refractivity contribution in [2.45, 2.75) is 6.92 Å². The lowest BCUT2D eigenvalue weighted by Gasteiger charge is -2.03. The highest BCUT2D eigenvalue weighted by molar-refractivity contribution is 5.76. The van der Waals surface area contributed by atoms with E-state index >= 15 is 0 Å². The summed E-state index contributed by atoms with van der Waals surface area (Å²) in [6.07, 6.45) is 3.45. The Hall–Kier alpha value is -2.35. The summed E-state index contributed by atoms with van der Waals surface area (Å²) in [4.78, 5) is 0. The number of hydroxylamine groups is 1. The summed E-state index contributed by atoms with van der Waals surface area (Å²) in [5, 5.41) is 11.9. The average Bonchev–Trinajstić information content (AvgIpc) is 2.41. The molecule has 90 valence electrons. The van der Waals surface area contributed by atoms with Crippen molar-refractivity contribution in [3.63, 3.8) is 0 Å². The van der Waals surface area contributed by atoms with E-state index in [1.54, 1.807) is 13.1 Å². The Bertz CT molecular complexity index is 503. The van der Waals surface area contributed by atoms with Crippen LogP contribution < -0.4 is 0 Å². The number of hydrogen-bond acceptors (Lipinski definition) is 1. The van der Waals surface area contributed by atoms with E-state index in [-0.39, 0.29) is 0 Å². The maximum absolute atomic E-state index is 11.9. The van der Waals surface area contributed by atoms with Gasteiger partial charge >= 0.3 is 0 Å². The van der Waals surface area contributed by atoms with Gasteiger partial charge in [0.2, 0.25) is 0 Å². The highest BCUT2D eigenvalue weighted by Gasteiger charge is 1.99. The van der Waals surface area contributed by atoms with Crippen molar-refractivity contribution in [1.29, 1.82) is 0 Å². The van der Waals surface area contributed by atoms with Crippen LogP contribution in [0, 0.1) is 5.21 Å². The van der Waals surface area contributed by atoms with Crippen LogP contribution in [0.4, 0.5) is 0 Å². The number of allylic oxidation sites excluding steroid dienone is 1. The maximum Gasteiger partial charge on any atom is 0.190 e. The first-order chi connectivity index (χ1) is 8.75. The van der Waals surface area contributed by atoms with E-state index in [9.17, 15) is 5.21 Å². The van der Waals surface area contributed by atoms with Gasteiger partial charge in [-0.1, -0.05) is 48.5 Å². The molecule has 0 N–H and O–H groups in total. The predicted octanol–water partition coefficient (Wildman–Crippen LogP) is 3.68. The Morgan fingerprint density at radius 1 is 0.889 bits per heavy atom. The van der Waals surface area contributed by atoms with Crippen LogP contribution in [0.2, 0.25) is 0 Å². The van der Waals surface area contributed by atoms with E-state index in [0.29, 0.717) is 5.70 Å². The molecular weight excluding hydrogens is 222 g/mol. The fourth-order valence-electron chi connectivity index (χ4n) is 1.63. The summed E-state index contributed by atoms with van der Waals surface area (Å²) in [6, 6.07) is 19.4.